The molecule has 4 nitrogen and oxygen atoms in total. The minimum absolute atomic E-state index is 0.0787. The van der Waals surface area contributed by atoms with Gasteiger partial charge in [0.15, 0.2) is 0 Å². The van der Waals surface area contributed by atoms with Gasteiger partial charge in [0, 0.05) is 18.6 Å². The van der Waals surface area contributed by atoms with E-state index in [1.165, 1.54) is 0 Å². The Morgan fingerprint density at radius 3 is 2.35 bits per heavy atom. The van der Waals surface area contributed by atoms with Crippen LogP contribution in [0.2, 0.25) is 0 Å². The van der Waals surface area contributed by atoms with Crippen molar-refractivity contribution >= 4 is 6.09 Å². The van der Waals surface area contributed by atoms with Crippen LogP contribution in [-0.2, 0) is 13.1 Å². The summed E-state index contributed by atoms with van der Waals surface area (Å²) in [6.07, 6.45) is -0.997. The number of benzene rings is 1. The monoisotopic (exact) mass is 236 g/mol. The lowest BCUT2D eigenvalue weighted by atomic mass is 10.1. The predicted molar refractivity (Wildman–Crippen MR) is 67.9 cm³/mol. The summed E-state index contributed by atoms with van der Waals surface area (Å²) in [5.74, 6) is 0. The minimum Gasteiger partial charge on any atom is -0.465 e. The van der Waals surface area contributed by atoms with E-state index in [1.807, 2.05) is 24.3 Å². The molecule has 0 atom stereocenters. The summed E-state index contributed by atoms with van der Waals surface area (Å²) in [6, 6.07) is 7.90. The van der Waals surface area contributed by atoms with E-state index in [0.717, 1.165) is 17.7 Å². The maximum atomic E-state index is 10.4. The Kier molecular flexibility index (Phi) is 4.52. The Balaban J connectivity index is 2.56. The quantitative estimate of drug-likeness (QED) is 0.752. The van der Waals surface area contributed by atoms with Crippen molar-refractivity contribution in [3.05, 3.63) is 35.4 Å². The predicted octanol–water partition coefficient (Wildman–Crippen LogP) is 2.34. The first kappa shape index (κ1) is 13.5. The standard InChI is InChI=1S/C13H20N2O2/c1-13(2,3)15-9-11-6-4-5-10(7-11)8-14-12(16)17/h4-7,14-15H,8-9H2,1-3H3,(H,16,17). The second kappa shape index (κ2) is 5.68. The van der Waals surface area contributed by atoms with Gasteiger partial charge in [-0.05, 0) is 31.9 Å². The molecule has 0 saturated heterocycles. The molecule has 0 aliphatic heterocycles. The zero-order chi connectivity index (χ0) is 12.9. The van der Waals surface area contributed by atoms with Gasteiger partial charge in [0.25, 0.3) is 0 Å². The largest absolute Gasteiger partial charge is 0.465 e. The molecule has 3 N–H and O–H groups in total. The highest BCUT2D eigenvalue weighted by Gasteiger charge is 2.08. The van der Waals surface area contributed by atoms with Crippen LogP contribution in [0.25, 0.3) is 0 Å². The molecule has 1 rings (SSSR count). The Bertz CT molecular complexity index is 383. The second-order valence-electron chi connectivity index (χ2n) is 5.08. The first-order valence-electron chi connectivity index (χ1n) is 5.66. The van der Waals surface area contributed by atoms with E-state index in [4.69, 9.17) is 5.11 Å². The van der Waals surface area contributed by atoms with Crippen molar-refractivity contribution in [2.24, 2.45) is 0 Å². The van der Waals surface area contributed by atoms with Crippen molar-refractivity contribution in [2.45, 2.75) is 39.4 Å². The van der Waals surface area contributed by atoms with Crippen molar-refractivity contribution in [1.82, 2.24) is 10.6 Å². The van der Waals surface area contributed by atoms with E-state index in [1.54, 1.807) is 0 Å². The van der Waals surface area contributed by atoms with Crippen molar-refractivity contribution in [2.75, 3.05) is 0 Å². The molecule has 4 heteroatoms. The van der Waals surface area contributed by atoms with E-state index in [2.05, 4.69) is 31.4 Å². The summed E-state index contributed by atoms with van der Waals surface area (Å²) in [6.45, 7) is 7.47. The van der Waals surface area contributed by atoms with Crippen LogP contribution in [-0.4, -0.2) is 16.7 Å². The minimum atomic E-state index is -0.997. The average molecular weight is 236 g/mol. The van der Waals surface area contributed by atoms with E-state index in [-0.39, 0.29) is 5.54 Å². The van der Waals surface area contributed by atoms with Gasteiger partial charge < -0.3 is 15.7 Å². The summed E-state index contributed by atoms with van der Waals surface area (Å²) in [5, 5.41) is 14.3. The molecule has 0 unspecified atom stereocenters. The molecule has 0 heterocycles. The molecular formula is C13H20N2O2. The summed E-state index contributed by atoms with van der Waals surface area (Å²) in [5.41, 5.74) is 2.21. The normalized spacial score (nSPS) is 11.2. The lowest BCUT2D eigenvalue weighted by Gasteiger charge is -2.20. The molecule has 17 heavy (non-hydrogen) atoms. The van der Waals surface area contributed by atoms with Gasteiger partial charge in [-0.2, -0.15) is 0 Å². The lowest BCUT2D eigenvalue weighted by Crippen LogP contribution is -2.35. The van der Waals surface area contributed by atoms with Gasteiger partial charge in [-0.25, -0.2) is 4.79 Å². The van der Waals surface area contributed by atoms with Crippen LogP contribution in [0.15, 0.2) is 24.3 Å². The number of hydrogen-bond acceptors (Lipinski definition) is 2. The van der Waals surface area contributed by atoms with Gasteiger partial charge in [-0.1, -0.05) is 24.3 Å². The average Bonchev–Trinajstić information content (AvgIpc) is 2.23. The number of amides is 1. The summed E-state index contributed by atoms with van der Waals surface area (Å²) < 4.78 is 0. The van der Waals surface area contributed by atoms with Crippen LogP contribution in [0.4, 0.5) is 4.79 Å². The van der Waals surface area contributed by atoms with Gasteiger partial charge >= 0.3 is 6.09 Å². The number of rotatable bonds is 4. The highest BCUT2D eigenvalue weighted by atomic mass is 16.4. The van der Waals surface area contributed by atoms with Crippen LogP contribution in [0.5, 0.6) is 0 Å². The van der Waals surface area contributed by atoms with Crippen LogP contribution in [0.1, 0.15) is 31.9 Å². The maximum Gasteiger partial charge on any atom is 0.404 e. The molecule has 0 bridgehead atoms. The number of carboxylic acid groups (broad SMARTS) is 1. The van der Waals surface area contributed by atoms with Crippen molar-refractivity contribution in [1.29, 1.82) is 0 Å². The van der Waals surface area contributed by atoms with E-state index < -0.39 is 6.09 Å². The SMILES string of the molecule is CC(C)(C)NCc1cccc(CNC(=O)O)c1. The third-order valence-electron chi connectivity index (χ3n) is 2.26. The fraction of sp³-hybridized carbons (Fsp3) is 0.462. The second-order valence-corrected chi connectivity index (χ2v) is 5.08. The van der Waals surface area contributed by atoms with Gasteiger partial charge in [0.05, 0.1) is 0 Å². The smallest absolute Gasteiger partial charge is 0.404 e. The van der Waals surface area contributed by atoms with Gasteiger partial charge in [0.2, 0.25) is 0 Å². The molecule has 0 aromatic heterocycles. The number of nitrogens with one attached hydrogen (secondary N) is 2. The first-order valence-corrected chi connectivity index (χ1v) is 5.66. The van der Waals surface area contributed by atoms with E-state index in [0.29, 0.717) is 6.54 Å². The topological polar surface area (TPSA) is 61.4 Å². The molecule has 1 aromatic rings. The molecule has 0 radical (unpaired) electrons. The molecule has 0 spiro atoms. The zero-order valence-electron chi connectivity index (χ0n) is 10.6. The fourth-order valence-corrected chi connectivity index (χ4v) is 1.39. The third-order valence-corrected chi connectivity index (χ3v) is 2.26. The fourth-order valence-electron chi connectivity index (χ4n) is 1.39. The Hall–Kier alpha value is -1.55. The Morgan fingerprint density at radius 1 is 1.24 bits per heavy atom. The van der Waals surface area contributed by atoms with Crippen molar-refractivity contribution < 1.29 is 9.90 Å². The molecule has 0 fully saturated rings. The lowest BCUT2D eigenvalue weighted by molar-refractivity contribution is 0.194. The molecule has 1 amide bonds. The number of carbonyl (C=O) groups is 1. The molecular weight excluding hydrogens is 216 g/mol. The summed E-state index contributed by atoms with van der Waals surface area (Å²) in [4.78, 5) is 10.4. The van der Waals surface area contributed by atoms with Crippen LogP contribution < -0.4 is 10.6 Å². The molecule has 1 aromatic carbocycles. The molecule has 0 saturated carbocycles. The van der Waals surface area contributed by atoms with Crippen LogP contribution >= 0.6 is 0 Å². The molecule has 0 aliphatic rings. The van der Waals surface area contributed by atoms with Crippen molar-refractivity contribution in [3.8, 4) is 0 Å². The third kappa shape index (κ3) is 5.92. The summed E-state index contributed by atoms with van der Waals surface area (Å²) in [7, 11) is 0. The van der Waals surface area contributed by atoms with Crippen LogP contribution in [0.3, 0.4) is 0 Å². The Labute approximate surface area is 102 Å². The van der Waals surface area contributed by atoms with E-state index in [9.17, 15) is 4.79 Å². The molecule has 94 valence electrons. The number of hydrogen-bond donors (Lipinski definition) is 3. The molecule has 0 aliphatic carbocycles. The Morgan fingerprint density at radius 2 is 1.82 bits per heavy atom. The highest BCUT2D eigenvalue weighted by Crippen LogP contribution is 2.07. The van der Waals surface area contributed by atoms with Crippen molar-refractivity contribution in [3.63, 3.8) is 0 Å². The van der Waals surface area contributed by atoms with Gasteiger partial charge in [-0.3, -0.25) is 0 Å². The maximum absolute atomic E-state index is 10.4. The zero-order valence-corrected chi connectivity index (χ0v) is 10.6. The van der Waals surface area contributed by atoms with Crippen LogP contribution in [0, 0.1) is 0 Å². The van der Waals surface area contributed by atoms with Gasteiger partial charge in [-0.15, -0.1) is 0 Å². The van der Waals surface area contributed by atoms with E-state index >= 15 is 0 Å². The first-order chi connectivity index (χ1) is 7.87. The highest BCUT2D eigenvalue weighted by molar-refractivity contribution is 5.64. The van der Waals surface area contributed by atoms with Gasteiger partial charge in [0.1, 0.15) is 0 Å². The summed E-state index contributed by atoms with van der Waals surface area (Å²) >= 11 is 0.